The van der Waals surface area contributed by atoms with E-state index in [0.29, 0.717) is 10.1 Å². The van der Waals surface area contributed by atoms with E-state index >= 15 is 0 Å². The zero-order chi connectivity index (χ0) is 22.3. The van der Waals surface area contributed by atoms with E-state index in [-0.39, 0.29) is 22.3 Å². The van der Waals surface area contributed by atoms with Gasteiger partial charge in [0, 0.05) is 6.07 Å². The maximum absolute atomic E-state index is 12.5. The zero-order valence-corrected chi connectivity index (χ0v) is 19.0. The number of sulfonamides is 1. The SMILES string of the molecule is COC(=O)CSc1nnc(NC(=O)CN(c2ccc(OC)cc2OC)S(C)(=O)=O)s1. The molecule has 0 spiro atoms. The van der Waals surface area contributed by atoms with Crippen LogP contribution in [0.15, 0.2) is 22.5 Å². The third kappa shape index (κ3) is 6.47. The zero-order valence-electron chi connectivity index (χ0n) is 16.6. The van der Waals surface area contributed by atoms with Crippen molar-refractivity contribution < 1.29 is 32.2 Å². The number of nitrogens with one attached hydrogen (secondary N) is 1. The molecule has 0 bridgehead atoms. The van der Waals surface area contributed by atoms with Crippen LogP contribution in [0.4, 0.5) is 10.8 Å². The number of rotatable bonds is 10. The molecule has 0 unspecified atom stereocenters. The molecule has 14 heteroatoms. The summed E-state index contributed by atoms with van der Waals surface area (Å²) in [7, 11) is 0.319. The van der Waals surface area contributed by atoms with Crippen LogP contribution in [0.1, 0.15) is 0 Å². The molecule has 1 aromatic carbocycles. The largest absolute Gasteiger partial charge is 0.497 e. The fourth-order valence-electron chi connectivity index (χ4n) is 2.16. The van der Waals surface area contributed by atoms with Gasteiger partial charge in [0.1, 0.15) is 18.0 Å². The molecule has 0 saturated carbocycles. The van der Waals surface area contributed by atoms with Gasteiger partial charge in [-0.1, -0.05) is 23.1 Å². The number of nitrogens with zero attached hydrogens (tertiary/aromatic N) is 3. The van der Waals surface area contributed by atoms with Gasteiger partial charge in [0.25, 0.3) is 0 Å². The summed E-state index contributed by atoms with van der Waals surface area (Å²) >= 11 is 2.16. The van der Waals surface area contributed by atoms with Crippen LogP contribution in [0.2, 0.25) is 0 Å². The van der Waals surface area contributed by atoms with Crippen molar-refractivity contribution in [2.45, 2.75) is 4.34 Å². The molecule has 0 radical (unpaired) electrons. The quantitative estimate of drug-likeness (QED) is 0.303. The topological polar surface area (TPSA) is 137 Å². The fourth-order valence-corrected chi connectivity index (χ4v) is 4.62. The number of esters is 1. The first-order chi connectivity index (χ1) is 14.2. The molecule has 0 atom stereocenters. The highest BCUT2D eigenvalue weighted by Crippen LogP contribution is 2.33. The van der Waals surface area contributed by atoms with Gasteiger partial charge in [0.05, 0.1) is 39.0 Å². The molecule has 2 rings (SSSR count). The number of hydrogen-bond donors (Lipinski definition) is 1. The van der Waals surface area contributed by atoms with Crippen molar-refractivity contribution >= 4 is 55.8 Å². The van der Waals surface area contributed by atoms with Crippen molar-refractivity contribution in [1.82, 2.24) is 10.2 Å². The normalized spacial score (nSPS) is 10.9. The minimum Gasteiger partial charge on any atom is -0.497 e. The van der Waals surface area contributed by atoms with Gasteiger partial charge in [-0.15, -0.1) is 10.2 Å². The van der Waals surface area contributed by atoms with Crippen molar-refractivity contribution in [2.75, 3.05) is 49.5 Å². The molecular weight excluding hydrogens is 456 g/mol. The van der Waals surface area contributed by atoms with Gasteiger partial charge < -0.3 is 14.2 Å². The lowest BCUT2D eigenvalue weighted by atomic mass is 10.2. The Bertz CT molecular complexity index is 1010. The van der Waals surface area contributed by atoms with Gasteiger partial charge >= 0.3 is 5.97 Å². The maximum atomic E-state index is 12.5. The number of thioether (sulfide) groups is 1. The number of ether oxygens (including phenoxy) is 3. The van der Waals surface area contributed by atoms with Gasteiger partial charge in [0.15, 0.2) is 4.34 Å². The highest BCUT2D eigenvalue weighted by molar-refractivity contribution is 8.01. The smallest absolute Gasteiger partial charge is 0.316 e. The average Bonchev–Trinajstić information content (AvgIpc) is 3.16. The summed E-state index contributed by atoms with van der Waals surface area (Å²) in [6, 6.07) is 4.56. The van der Waals surface area contributed by atoms with Crippen LogP contribution in [0.25, 0.3) is 0 Å². The Morgan fingerprint density at radius 1 is 1.20 bits per heavy atom. The summed E-state index contributed by atoms with van der Waals surface area (Å²) in [6.45, 7) is -0.508. The summed E-state index contributed by atoms with van der Waals surface area (Å²) in [5.74, 6) is -0.292. The summed E-state index contributed by atoms with van der Waals surface area (Å²) in [6.07, 6.45) is 0.983. The number of carbonyl (C=O) groups is 2. The number of aromatic nitrogens is 2. The number of amides is 1. The van der Waals surface area contributed by atoms with Gasteiger partial charge in [0.2, 0.25) is 21.1 Å². The molecule has 164 valence electrons. The Morgan fingerprint density at radius 2 is 1.93 bits per heavy atom. The van der Waals surface area contributed by atoms with Crippen LogP contribution in [0.5, 0.6) is 11.5 Å². The monoisotopic (exact) mass is 476 g/mol. The van der Waals surface area contributed by atoms with E-state index in [4.69, 9.17) is 9.47 Å². The predicted octanol–water partition coefficient (Wildman–Crippen LogP) is 1.23. The highest BCUT2D eigenvalue weighted by atomic mass is 32.2. The fraction of sp³-hybridized carbons (Fsp3) is 0.375. The van der Waals surface area contributed by atoms with Crippen LogP contribution in [0.3, 0.4) is 0 Å². The molecular formula is C16H20N4O7S3. The van der Waals surface area contributed by atoms with E-state index in [0.717, 1.165) is 33.7 Å². The third-order valence-electron chi connectivity index (χ3n) is 3.54. The standard InChI is InChI=1S/C16H20N4O7S3/c1-25-10-5-6-11(12(7-10)26-2)20(30(4,23)24)8-13(21)17-15-18-19-16(29-15)28-9-14(22)27-3/h5-7H,8-9H2,1-4H3,(H,17,18,21). The lowest BCUT2D eigenvalue weighted by molar-refractivity contribution is -0.137. The minimum absolute atomic E-state index is 0.0538. The molecule has 0 fully saturated rings. The van der Waals surface area contributed by atoms with Crippen molar-refractivity contribution in [1.29, 1.82) is 0 Å². The molecule has 0 aliphatic heterocycles. The molecule has 1 aromatic heterocycles. The second kappa shape index (κ2) is 10.4. The van der Waals surface area contributed by atoms with Crippen molar-refractivity contribution in [3.63, 3.8) is 0 Å². The third-order valence-corrected chi connectivity index (χ3v) is 6.61. The van der Waals surface area contributed by atoms with Crippen LogP contribution in [-0.2, 0) is 24.3 Å². The van der Waals surface area contributed by atoms with Crippen molar-refractivity contribution in [3.05, 3.63) is 18.2 Å². The van der Waals surface area contributed by atoms with Gasteiger partial charge in [-0.05, 0) is 12.1 Å². The first-order valence-electron chi connectivity index (χ1n) is 8.20. The lowest BCUT2D eigenvalue weighted by Gasteiger charge is -2.23. The van der Waals surface area contributed by atoms with E-state index in [2.05, 4.69) is 20.3 Å². The first kappa shape index (κ1) is 23.7. The summed E-state index contributed by atoms with van der Waals surface area (Å²) in [4.78, 5) is 23.6. The lowest BCUT2D eigenvalue weighted by Crippen LogP contribution is -2.37. The Kier molecular flexibility index (Phi) is 8.25. The Morgan fingerprint density at radius 3 is 2.53 bits per heavy atom. The van der Waals surface area contributed by atoms with E-state index < -0.39 is 28.4 Å². The molecule has 0 aliphatic carbocycles. The van der Waals surface area contributed by atoms with E-state index in [9.17, 15) is 18.0 Å². The molecule has 1 heterocycles. The van der Waals surface area contributed by atoms with Crippen LogP contribution in [-0.4, -0.2) is 70.4 Å². The number of benzene rings is 1. The number of hydrogen-bond acceptors (Lipinski definition) is 11. The van der Waals surface area contributed by atoms with Gasteiger partial charge in [-0.2, -0.15) is 0 Å². The summed E-state index contributed by atoms with van der Waals surface area (Å²) in [5, 5.41) is 10.3. The Hall–Kier alpha value is -2.58. The second-order valence-corrected chi connectivity index (χ2v) is 9.70. The predicted molar refractivity (Wildman–Crippen MR) is 113 cm³/mol. The molecule has 0 aliphatic rings. The van der Waals surface area contributed by atoms with Crippen molar-refractivity contribution in [3.8, 4) is 11.5 Å². The summed E-state index contributed by atoms with van der Waals surface area (Å²) in [5.41, 5.74) is 0.183. The van der Waals surface area contributed by atoms with Gasteiger partial charge in [-0.25, -0.2) is 8.42 Å². The van der Waals surface area contributed by atoms with Crippen LogP contribution < -0.4 is 19.1 Å². The average molecular weight is 477 g/mol. The Balaban J connectivity index is 2.14. The maximum Gasteiger partial charge on any atom is 0.316 e. The molecule has 0 saturated heterocycles. The second-order valence-electron chi connectivity index (χ2n) is 5.59. The van der Waals surface area contributed by atoms with Crippen LogP contribution in [0, 0.1) is 0 Å². The van der Waals surface area contributed by atoms with Crippen molar-refractivity contribution in [2.24, 2.45) is 0 Å². The van der Waals surface area contributed by atoms with E-state index in [1.54, 1.807) is 6.07 Å². The van der Waals surface area contributed by atoms with Crippen LogP contribution >= 0.6 is 23.1 Å². The highest BCUT2D eigenvalue weighted by Gasteiger charge is 2.25. The number of methoxy groups -OCH3 is 3. The van der Waals surface area contributed by atoms with E-state index in [1.807, 2.05) is 0 Å². The number of carbonyl (C=O) groups excluding carboxylic acids is 2. The first-order valence-corrected chi connectivity index (χ1v) is 11.9. The minimum atomic E-state index is -3.81. The van der Waals surface area contributed by atoms with E-state index in [1.165, 1.54) is 33.5 Å². The molecule has 11 nitrogen and oxygen atoms in total. The molecule has 2 aromatic rings. The molecule has 30 heavy (non-hydrogen) atoms. The number of anilines is 2. The molecule has 1 amide bonds. The summed E-state index contributed by atoms with van der Waals surface area (Å²) < 4.78 is 40.9. The Labute approximate surface area is 181 Å². The van der Waals surface area contributed by atoms with Gasteiger partial charge in [-0.3, -0.25) is 19.2 Å². The molecule has 1 N–H and O–H groups in total.